The van der Waals surface area contributed by atoms with E-state index in [2.05, 4.69) is 17.9 Å². The lowest BCUT2D eigenvalue weighted by atomic mass is 9.92. The van der Waals surface area contributed by atoms with Crippen molar-refractivity contribution in [1.82, 2.24) is 4.98 Å². The molecule has 0 bridgehead atoms. The van der Waals surface area contributed by atoms with Crippen LogP contribution in [-0.2, 0) is 30.5 Å². The number of thiazole rings is 1. The molecule has 2 aliphatic heterocycles. The van der Waals surface area contributed by atoms with Crippen LogP contribution < -0.4 is 4.90 Å². The number of sulfone groups is 1. The highest BCUT2D eigenvalue weighted by Crippen LogP contribution is 2.40. The number of Topliss-reactive ketones (excluding diaryl/α,β-unsaturated/α-hetero) is 1. The van der Waals surface area contributed by atoms with E-state index >= 15 is 0 Å². The Balaban J connectivity index is 1.31. The Hall–Kier alpha value is -2.34. The second-order valence-corrected chi connectivity index (χ2v) is 16.7. The van der Waals surface area contributed by atoms with Gasteiger partial charge in [-0.1, -0.05) is 24.7 Å². The van der Waals surface area contributed by atoms with Crippen LogP contribution in [0.25, 0.3) is 10.2 Å². The van der Waals surface area contributed by atoms with E-state index in [0.29, 0.717) is 5.52 Å². The van der Waals surface area contributed by atoms with E-state index < -0.39 is 26.2 Å². The van der Waals surface area contributed by atoms with Gasteiger partial charge in [-0.25, -0.2) is 13.4 Å². The van der Waals surface area contributed by atoms with Gasteiger partial charge in [-0.2, -0.15) is 0 Å². The van der Waals surface area contributed by atoms with Gasteiger partial charge in [-0.15, -0.1) is 11.3 Å². The number of aryl methyl sites for hydroxylation is 1. The normalized spacial score (nSPS) is 18.3. The molecule has 0 aliphatic carbocycles. The lowest BCUT2D eigenvalue weighted by molar-refractivity contribution is -0.160. The predicted octanol–water partition coefficient (Wildman–Crippen LogP) is 6.46. The third-order valence-corrected chi connectivity index (χ3v) is 12.8. The van der Waals surface area contributed by atoms with E-state index in [-0.39, 0.29) is 42.7 Å². The largest absolute Gasteiger partial charge is 0.459 e. The fraction of sp³-hybridized carbons (Fsp3) is 0.581. The Morgan fingerprint density at radius 3 is 2.48 bits per heavy atom. The molecule has 3 aromatic rings. The van der Waals surface area contributed by atoms with E-state index in [4.69, 9.17) is 14.5 Å². The van der Waals surface area contributed by atoms with Gasteiger partial charge in [0.2, 0.25) is 0 Å². The molecule has 2 aliphatic rings. The number of esters is 1. The summed E-state index contributed by atoms with van der Waals surface area (Å²) in [6.07, 6.45) is 4.94. The quantitative estimate of drug-likeness (QED) is 0.196. The van der Waals surface area contributed by atoms with Crippen LogP contribution in [0.15, 0.2) is 35.2 Å². The maximum absolute atomic E-state index is 14.0. The summed E-state index contributed by atoms with van der Waals surface area (Å²) in [6.45, 7) is 9.18. The molecule has 1 aromatic carbocycles. The van der Waals surface area contributed by atoms with E-state index in [9.17, 15) is 18.0 Å². The average molecular weight is 633 g/mol. The second-order valence-electron chi connectivity index (χ2n) is 12.2. The van der Waals surface area contributed by atoms with Crippen molar-refractivity contribution in [2.45, 2.75) is 87.9 Å². The van der Waals surface area contributed by atoms with Gasteiger partial charge in [0.25, 0.3) is 0 Å². The zero-order valence-electron chi connectivity index (χ0n) is 24.8. The first-order valence-electron chi connectivity index (χ1n) is 14.8. The Kier molecular flexibility index (Phi) is 9.14. The average Bonchev–Trinajstić information content (AvgIpc) is 3.62. The molecular weight excluding hydrogens is 593 g/mol. The number of carbonyl (C=O) groups is 2. The van der Waals surface area contributed by atoms with Crippen LogP contribution >= 0.6 is 22.7 Å². The molecule has 2 fully saturated rings. The molecule has 0 radical (unpaired) electrons. The van der Waals surface area contributed by atoms with Crippen LogP contribution in [-0.4, -0.2) is 61.8 Å². The summed E-state index contributed by atoms with van der Waals surface area (Å²) in [4.78, 5) is 35.7. The fourth-order valence-corrected chi connectivity index (χ4v) is 9.74. The number of ketones is 1. The molecule has 2 saturated heterocycles. The number of ether oxygens (including phenoxy) is 2. The van der Waals surface area contributed by atoms with Crippen molar-refractivity contribution < 1.29 is 27.5 Å². The van der Waals surface area contributed by atoms with Crippen molar-refractivity contribution in [2.24, 2.45) is 5.92 Å². The van der Waals surface area contributed by atoms with Crippen molar-refractivity contribution in [2.75, 3.05) is 31.2 Å². The summed E-state index contributed by atoms with van der Waals surface area (Å²) < 4.78 is 38.2. The summed E-state index contributed by atoms with van der Waals surface area (Å²) in [6, 6.07) is 8.97. The van der Waals surface area contributed by atoms with E-state index in [1.54, 1.807) is 50.3 Å². The number of hydrogen-bond donors (Lipinski definition) is 0. The van der Waals surface area contributed by atoms with E-state index in [1.807, 2.05) is 6.07 Å². The predicted molar refractivity (Wildman–Crippen MR) is 168 cm³/mol. The van der Waals surface area contributed by atoms with Crippen molar-refractivity contribution in [3.63, 3.8) is 0 Å². The summed E-state index contributed by atoms with van der Waals surface area (Å²) in [5, 5.41) is 0.816. The van der Waals surface area contributed by atoms with Crippen molar-refractivity contribution in [3.8, 4) is 0 Å². The molecule has 0 saturated carbocycles. The lowest BCUT2D eigenvalue weighted by Crippen LogP contribution is -2.53. The third kappa shape index (κ3) is 6.30. The van der Waals surface area contributed by atoms with E-state index in [0.717, 1.165) is 59.9 Å². The molecule has 0 amide bonds. The smallest absolute Gasteiger partial charge is 0.328 e. The highest BCUT2D eigenvalue weighted by atomic mass is 32.2. The molecule has 0 N–H and O–H groups in total. The topological polar surface area (TPSA) is 103 Å². The Labute approximate surface area is 256 Å². The molecule has 8 nitrogen and oxygen atoms in total. The van der Waals surface area contributed by atoms with Crippen LogP contribution in [0.3, 0.4) is 0 Å². The van der Waals surface area contributed by atoms with Crippen molar-refractivity contribution >= 4 is 59.6 Å². The molecule has 2 aromatic heterocycles. The molecule has 4 heterocycles. The number of thiophene rings is 1. The Bertz CT molecular complexity index is 1540. The first kappa shape index (κ1) is 31.1. The van der Waals surface area contributed by atoms with Gasteiger partial charge in [0.05, 0.1) is 20.0 Å². The number of fused-ring (bicyclic) bond motifs is 1. The number of aromatic nitrogens is 1. The number of piperidine rings is 1. The number of benzene rings is 1. The van der Waals surface area contributed by atoms with Crippen molar-refractivity contribution in [3.05, 3.63) is 40.1 Å². The number of anilines is 1. The molecule has 42 heavy (non-hydrogen) atoms. The Morgan fingerprint density at radius 1 is 1.10 bits per heavy atom. The molecule has 0 atom stereocenters. The molecule has 0 unspecified atom stereocenters. The monoisotopic (exact) mass is 632 g/mol. The highest BCUT2D eigenvalue weighted by molar-refractivity contribution is 7.93. The maximum atomic E-state index is 14.0. The molecule has 5 rings (SSSR count). The minimum absolute atomic E-state index is 0.00793. The molecular formula is C31H40N2O6S3. The fourth-order valence-electron chi connectivity index (χ4n) is 5.61. The summed E-state index contributed by atoms with van der Waals surface area (Å²) >= 11 is 3.08. The van der Waals surface area contributed by atoms with Crippen LogP contribution in [0.2, 0.25) is 0 Å². The van der Waals surface area contributed by atoms with Gasteiger partial charge in [-0.3, -0.25) is 9.59 Å². The number of hydrogen-bond acceptors (Lipinski definition) is 10. The minimum Gasteiger partial charge on any atom is -0.459 e. The standard InChI is InChI=1S/C31H40N2O6S3/c1-5-6-7-22-8-11-25(40-22)27(34)21-12-16-33(17-13-21)29-32-24-10-9-23(20-26(24)41-29)42(36,37)31(14-18-38-19-15-31)28(35)39-30(2,3)4/h8-11,20-21H,5-7,12-19H2,1-4H3. The molecule has 11 heteroatoms. The van der Waals surface area contributed by atoms with Gasteiger partial charge < -0.3 is 14.4 Å². The van der Waals surface area contributed by atoms with Crippen LogP contribution in [0.1, 0.15) is 80.8 Å². The Morgan fingerprint density at radius 2 is 1.81 bits per heavy atom. The zero-order valence-corrected chi connectivity index (χ0v) is 27.3. The van der Waals surface area contributed by atoms with E-state index in [1.165, 1.54) is 16.2 Å². The van der Waals surface area contributed by atoms with Gasteiger partial charge in [0.1, 0.15) is 5.60 Å². The number of carbonyl (C=O) groups excluding carboxylic acids is 2. The first-order valence-corrected chi connectivity index (χ1v) is 17.9. The summed E-state index contributed by atoms with van der Waals surface area (Å²) in [5.41, 5.74) is -0.1000. The summed E-state index contributed by atoms with van der Waals surface area (Å²) in [5.74, 6) is -0.470. The number of rotatable bonds is 9. The maximum Gasteiger partial charge on any atom is 0.328 e. The van der Waals surface area contributed by atoms with Crippen LogP contribution in [0, 0.1) is 5.92 Å². The minimum atomic E-state index is -4.07. The molecule has 0 spiro atoms. The van der Waals surface area contributed by atoms with Crippen LogP contribution in [0.5, 0.6) is 0 Å². The zero-order chi connectivity index (χ0) is 30.1. The molecule has 228 valence electrons. The lowest BCUT2D eigenvalue weighted by Gasteiger charge is -2.36. The van der Waals surface area contributed by atoms with Gasteiger partial charge in [-0.05, 0) is 76.8 Å². The van der Waals surface area contributed by atoms with Crippen molar-refractivity contribution in [1.29, 1.82) is 0 Å². The number of nitrogens with zero attached hydrogens (tertiary/aromatic N) is 2. The SMILES string of the molecule is CCCCc1ccc(C(=O)C2CCN(c3nc4ccc(S(=O)(=O)C5(C(=O)OC(C)(C)C)CCOCC5)cc4s3)CC2)s1. The van der Waals surface area contributed by atoms with Crippen LogP contribution in [0.4, 0.5) is 5.13 Å². The van der Waals surface area contributed by atoms with Gasteiger partial charge >= 0.3 is 5.97 Å². The number of unbranched alkanes of at least 4 members (excludes halogenated alkanes) is 1. The van der Waals surface area contributed by atoms with Gasteiger partial charge in [0.15, 0.2) is 25.5 Å². The first-order chi connectivity index (χ1) is 19.9. The summed E-state index contributed by atoms with van der Waals surface area (Å²) in [7, 11) is -4.07. The van der Waals surface area contributed by atoms with Gasteiger partial charge in [0, 0.05) is 49.9 Å². The third-order valence-electron chi connectivity index (χ3n) is 8.06. The second kappa shape index (κ2) is 12.3. The highest BCUT2D eigenvalue weighted by Gasteiger charge is 2.54.